The molecule has 0 radical (unpaired) electrons. The van der Waals surface area contributed by atoms with E-state index in [1.54, 1.807) is 22.8 Å². The zero-order valence-electron chi connectivity index (χ0n) is 21.9. The Morgan fingerprint density at radius 2 is 1.78 bits per heavy atom. The van der Waals surface area contributed by atoms with Crippen LogP contribution in [0.15, 0.2) is 71.5 Å². The van der Waals surface area contributed by atoms with Gasteiger partial charge in [-0.1, -0.05) is 30.3 Å². The Labute approximate surface area is 232 Å². The third-order valence-electron chi connectivity index (χ3n) is 9.26. The molecule has 5 heterocycles. The Morgan fingerprint density at radius 3 is 2.59 bits per heavy atom. The molecule has 4 aliphatic rings. The maximum atomic E-state index is 14.6. The van der Waals surface area contributed by atoms with E-state index in [1.807, 2.05) is 30.3 Å². The molecule has 0 bridgehead atoms. The van der Waals surface area contributed by atoms with Crippen LogP contribution in [0.2, 0.25) is 0 Å². The van der Waals surface area contributed by atoms with E-state index in [0.717, 1.165) is 16.9 Å². The molecule has 3 saturated heterocycles. The van der Waals surface area contributed by atoms with Gasteiger partial charge in [-0.15, -0.1) is 0 Å². The third kappa shape index (κ3) is 2.76. The third-order valence-corrected chi connectivity index (χ3v) is 9.26. The number of fused-ring (bicyclic) bond motifs is 11. The first-order valence-corrected chi connectivity index (χ1v) is 13.5. The summed E-state index contributed by atoms with van der Waals surface area (Å²) in [5.74, 6) is -1.85. The molecule has 41 heavy (non-hydrogen) atoms. The average Bonchev–Trinajstić information content (AvgIpc) is 3.70. The Hall–Kier alpha value is -4.90. The number of benzene rings is 3. The largest absolute Gasteiger partial charge is 0.494 e. The molecule has 1 spiro atoms. The number of nitrogens with zero attached hydrogens (tertiary/aromatic N) is 5. The fourth-order valence-electron chi connectivity index (χ4n) is 7.82. The molecule has 11 heteroatoms. The van der Waals surface area contributed by atoms with E-state index < -0.39 is 28.2 Å². The lowest BCUT2D eigenvalue weighted by Gasteiger charge is -2.38. The minimum atomic E-state index is -1.14. The van der Waals surface area contributed by atoms with Crippen molar-refractivity contribution >= 4 is 34.1 Å². The van der Waals surface area contributed by atoms with Crippen molar-refractivity contribution in [1.82, 2.24) is 14.5 Å². The van der Waals surface area contributed by atoms with E-state index in [4.69, 9.17) is 9.72 Å². The predicted molar refractivity (Wildman–Crippen MR) is 147 cm³/mol. The lowest BCUT2D eigenvalue weighted by molar-refractivity contribution is -0.384. The molecule has 11 nitrogen and oxygen atoms in total. The Balaban J connectivity index is 1.40. The molecule has 4 aliphatic heterocycles. The van der Waals surface area contributed by atoms with Crippen LogP contribution < -0.4 is 15.2 Å². The van der Waals surface area contributed by atoms with Gasteiger partial charge in [0.05, 0.1) is 52.2 Å². The van der Waals surface area contributed by atoms with E-state index in [-0.39, 0.29) is 34.6 Å². The van der Waals surface area contributed by atoms with Crippen LogP contribution >= 0.6 is 0 Å². The van der Waals surface area contributed by atoms with Crippen LogP contribution in [-0.4, -0.2) is 50.9 Å². The fraction of sp³-hybridized carbons (Fsp3) is 0.267. The standard InChI is InChI=1S/C30H23N5O6/c1-41-23-15-16(35(39)40)12-13-21(23)33-27(37)24-22-11-6-14-32(22)30(25(24)28(33)38)18-8-3-5-10-20(18)34-26(36)17-7-2-4-9-19(17)31-29(30)34/h2-5,7-10,12-13,15,22,24-25H,6,11,14H2,1H3. The molecule has 4 unspecified atom stereocenters. The average molecular weight is 550 g/mol. The second-order valence-corrected chi connectivity index (χ2v) is 10.9. The van der Waals surface area contributed by atoms with Gasteiger partial charge < -0.3 is 4.74 Å². The minimum Gasteiger partial charge on any atom is -0.494 e. The summed E-state index contributed by atoms with van der Waals surface area (Å²) in [6.45, 7) is 0.649. The highest BCUT2D eigenvalue weighted by Gasteiger charge is 2.74. The van der Waals surface area contributed by atoms with Gasteiger partial charge in [0.1, 0.15) is 17.1 Å². The van der Waals surface area contributed by atoms with E-state index in [0.29, 0.717) is 35.4 Å². The minimum absolute atomic E-state index is 0.0609. The van der Waals surface area contributed by atoms with Crippen molar-refractivity contribution in [3.63, 3.8) is 0 Å². The highest BCUT2D eigenvalue weighted by Crippen LogP contribution is 2.62. The number of non-ortho nitro benzene ring substituents is 1. The Morgan fingerprint density at radius 1 is 1.00 bits per heavy atom. The van der Waals surface area contributed by atoms with E-state index in [1.165, 1.54) is 25.3 Å². The molecule has 0 aliphatic carbocycles. The first-order chi connectivity index (χ1) is 19.9. The number of aromatic nitrogens is 2. The normalized spacial score (nSPS) is 26.0. The zero-order valence-corrected chi connectivity index (χ0v) is 21.9. The maximum absolute atomic E-state index is 14.6. The number of hydrogen-bond acceptors (Lipinski definition) is 8. The molecule has 8 rings (SSSR count). The molecule has 2 amide bonds. The van der Waals surface area contributed by atoms with Crippen LogP contribution in [0.4, 0.5) is 11.4 Å². The van der Waals surface area contributed by atoms with Crippen molar-refractivity contribution in [2.75, 3.05) is 18.6 Å². The summed E-state index contributed by atoms with van der Waals surface area (Å²) >= 11 is 0. The summed E-state index contributed by atoms with van der Waals surface area (Å²) in [7, 11) is 1.35. The number of anilines is 1. The number of ether oxygens (including phenoxy) is 1. The Bertz CT molecular complexity index is 1920. The summed E-state index contributed by atoms with van der Waals surface area (Å²) in [5, 5.41) is 11.9. The number of methoxy groups -OCH3 is 1. The van der Waals surface area contributed by atoms with E-state index in [2.05, 4.69) is 4.90 Å². The van der Waals surface area contributed by atoms with Crippen LogP contribution in [-0.2, 0) is 15.1 Å². The number of hydrogen-bond donors (Lipinski definition) is 0. The van der Waals surface area contributed by atoms with Gasteiger partial charge in [0.2, 0.25) is 11.8 Å². The monoisotopic (exact) mass is 549 g/mol. The molecule has 4 aromatic rings. The van der Waals surface area contributed by atoms with Gasteiger partial charge in [0, 0.05) is 17.7 Å². The second-order valence-electron chi connectivity index (χ2n) is 10.9. The van der Waals surface area contributed by atoms with Crippen molar-refractivity contribution in [1.29, 1.82) is 0 Å². The van der Waals surface area contributed by atoms with Crippen LogP contribution in [0.5, 0.6) is 5.75 Å². The highest BCUT2D eigenvalue weighted by molar-refractivity contribution is 6.24. The SMILES string of the molecule is COc1cc([N+](=O)[O-])ccc1N1C(=O)C2C3CCCN3C3(c4ccccc4-n4c3nc3ccccc3c4=O)C2C1=O. The van der Waals surface area contributed by atoms with Gasteiger partial charge in [-0.05, 0) is 43.7 Å². The Kier molecular flexibility index (Phi) is 4.71. The maximum Gasteiger partial charge on any atom is 0.273 e. The molecule has 0 N–H and O–H groups in total. The number of carbonyl (C=O) groups excluding carboxylic acids is 2. The molecule has 0 saturated carbocycles. The van der Waals surface area contributed by atoms with Crippen molar-refractivity contribution in [2.24, 2.45) is 11.8 Å². The van der Waals surface area contributed by atoms with Crippen molar-refractivity contribution in [2.45, 2.75) is 24.4 Å². The lowest BCUT2D eigenvalue weighted by Crippen LogP contribution is -2.51. The van der Waals surface area contributed by atoms with Crippen LogP contribution in [0.3, 0.4) is 0 Å². The molecular weight excluding hydrogens is 526 g/mol. The summed E-state index contributed by atoms with van der Waals surface area (Å²) < 4.78 is 7.04. The second kappa shape index (κ2) is 8.07. The fourth-order valence-corrected chi connectivity index (χ4v) is 7.82. The van der Waals surface area contributed by atoms with Gasteiger partial charge in [-0.25, -0.2) is 9.88 Å². The van der Waals surface area contributed by atoms with Crippen LogP contribution in [0.1, 0.15) is 24.2 Å². The first kappa shape index (κ1) is 23.9. The van der Waals surface area contributed by atoms with E-state index in [9.17, 15) is 24.5 Å². The lowest BCUT2D eigenvalue weighted by atomic mass is 9.75. The summed E-state index contributed by atoms with van der Waals surface area (Å²) in [5.41, 5.74) is 0.554. The molecule has 204 valence electrons. The molecule has 1 aromatic heterocycles. The van der Waals surface area contributed by atoms with Crippen molar-refractivity contribution in [3.8, 4) is 11.4 Å². The molecule has 3 fully saturated rings. The van der Waals surface area contributed by atoms with Crippen LogP contribution in [0.25, 0.3) is 16.6 Å². The van der Waals surface area contributed by atoms with E-state index >= 15 is 0 Å². The first-order valence-electron chi connectivity index (χ1n) is 13.5. The van der Waals surface area contributed by atoms with Gasteiger partial charge >= 0.3 is 0 Å². The molecule has 4 atom stereocenters. The number of rotatable bonds is 3. The quantitative estimate of drug-likeness (QED) is 0.217. The number of amides is 2. The summed E-state index contributed by atoms with van der Waals surface area (Å²) in [6.07, 6.45) is 1.55. The molecule has 3 aromatic carbocycles. The van der Waals surface area contributed by atoms with Crippen molar-refractivity contribution in [3.05, 3.63) is 98.6 Å². The number of imide groups is 1. The topological polar surface area (TPSA) is 128 Å². The van der Waals surface area contributed by atoms with Gasteiger partial charge in [-0.3, -0.25) is 34.0 Å². The number of carbonyl (C=O) groups is 2. The van der Waals surface area contributed by atoms with Gasteiger partial charge in [0.25, 0.3) is 11.2 Å². The van der Waals surface area contributed by atoms with Crippen molar-refractivity contribution < 1.29 is 19.2 Å². The number of para-hydroxylation sites is 2. The highest BCUT2D eigenvalue weighted by atomic mass is 16.6. The smallest absolute Gasteiger partial charge is 0.273 e. The number of nitro benzene ring substituents is 1. The summed E-state index contributed by atoms with van der Waals surface area (Å²) in [4.78, 5) is 62.1. The number of nitro groups is 1. The zero-order chi connectivity index (χ0) is 28.2. The van der Waals surface area contributed by atoms with Gasteiger partial charge in [0.15, 0.2) is 0 Å². The predicted octanol–water partition coefficient (Wildman–Crippen LogP) is 3.14. The molecular formula is C30H23N5O6. The van der Waals surface area contributed by atoms with Crippen LogP contribution in [0, 0.1) is 22.0 Å². The van der Waals surface area contributed by atoms with Gasteiger partial charge in [-0.2, -0.15) is 0 Å². The summed E-state index contributed by atoms with van der Waals surface area (Å²) in [6, 6.07) is 18.3.